The first-order valence-corrected chi connectivity index (χ1v) is 7.16. The van der Waals surface area contributed by atoms with E-state index in [2.05, 4.69) is 63.4 Å². The highest BCUT2D eigenvalue weighted by Gasteiger charge is 2.14. The molecule has 17 heavy (non-hydrogen) atoms. The van der Waals surface area contributed by atoms with E-state index in [1.807, 2.05) is 13.0 Å². The van der Waals surface area contributed by atoms with Gasteiger partial charge >= 0.3 is 0 Å². The summed E-state index contributed by atoms with van der Waals surface area (Å²) >= 11 is 5.26. The molecule has 0 spiro atoms. The number of halogens is 1. The molecule has 2 aromatic rings. The van der Waals surface area contributed by atoms with Crippen molar-refractivity contribution in [3.63, 3.8) is 0 Å². The lowest BCUT2D eigenvalue weighted by Gasteiger charge is -2.25. The molecule has 0 aromatic carbocycles. The fourth-order valence-electron chi connectivity index (χ4n) is 1.65. The zero-order chi connectivity index (χ0) is 12.4. The van der Waals surface area contributed by atoms with E-state index >= 15 is 0 Å². The van der Waals surface area contributed by atoms with Crippen LogP contribution in [0.25, 0.3) is 0 Å². The SMILES string of the molecule is Cc1nc(N(C)C(C)c2cccs2)ccc1Br. The highest BCUT2D eigenvalue weighted by Crippen LogP contribution is 2.28. The molecule has 0 radical (unpaired) electrons. The summed E-state index contributed by atoms with van der Waals surface area (Å²) in [7, 11) is 2.08. The number of pyridine rings is 1. The van der Waals surface area contributed by atoms with Crippen LogP contribution in [0.1, 0.15) is 23.5 Å². The van der Waals surface area contributed by atoms with E-state index in [1.54, 1.807) is 11.3 Å². The first kappa shape index (κ1) is 12.6. The highest BCUT2D eigenvalue weighted by molar-refractivity contribution is 9.10. The molecule has 0 aliphatic heterocycles. The van der Waals surface area contributed by atoms with E-state index in [-0.39, 0.29) is 0 Å². The smallest absolute Gasteiger partial charge is 0.129 e. The summed E-state index contributed by atoms with van der Waals surface area (Å²) in [6.07, 6.45) is 0. The van der Waals surface area contributed by atoms with Crippen LogP contribution >= 0.6 is 27.3 Å². The Bertz CT molecular complexity index is 496. The maximum Gasteiger partial charge on any atom is 0.129 e. The molecule has 2 rings (SSSR count). The normalized spacial score (nSPS) is 12.5. The fraction of sp³-hybridized carbons (Fsp3) is 0.308. The van der Waals surface area contributed by atoms with Crippen molar-refractivity contribution in [2.45, 2.75) is 19.9 Å². The second kappa shape index (κ2) is 5.19. The topological polar surface area (TPSA) is 16.1 Å². The molecule has 1 atom stereocenters. The van der Waals surface area contributed by atoms with Crippen molar-refractivity contribution in [2.75, 3.05) is 11.9 Å². The number of thiophene rings is 1. The summed E-state index contributed by atoms with van der Waals surface area (Å²) in [5.41, 5.74) is 1.02. The first-order valence-electron chi connectivity index (χ1n) is 5.49. The largest absolute Gasteiger partial charge is 0.352 e. The highest BCUT2D eigenvalue weighted by atomic mass is 79.9. The van der Waals surface area contributed by atoms with E-state index in [0.717, 1.165) is 16.0 Å². The predicted molar refractivity (Wildman–Crippen MR) is 77.8 cm³/mol. The van der Waals surface area contributed by atoms with Gasteiger partial charge in [0, 0.05) is 16.4 Å². The lowest BCUT2D eigenvalue weighted by atomic mass is 10.2. The van der Waals surface area contributed by atoms with Gasteiger partial charge in [-0.15, -0.1) is 11.3 Å². The van der Waals surface area contributed by atoms with Crippen molar-refractivity contribution in [3.8, 4) is 0 Å². The van der Waals surface area contributed by atoms with Crippen molar-refractivity contribution in [3.05, 3.63) is 44.7 Å². The van der Waals surface area contributed by atoms with Crippen LogP contribution in [0.5, 0.6) is 0 Å². The van der Waals surface area contributed by atoms with Crippen molar-refractivity contribution < 1.29 is 0 Å². The third kappa shape index (κ3) is 2.69. The van der Waals surface area contributed by atoms with Gasteiger partial charge in [-0.05, 0) is 53.4 Å². The molecule has 2 heterocycles. The van der Waals surface area contributed by atoms with Gasteiger partial charge in [-0.1, -0.05) is 6.07 Å². The minimum Gasteiger partial charge on any atom is -0.352 e. The summed E-state index contributed by atoms with van der Waals surface area (Å²) < 4.78 is 1.05. The van der Waals surface area contributed by atoms with Gasteiger partial charge in [0.05, 0.1) is 11.7 Å². The second-order valence-electron chi connectivity index (χ2n) is 4.04. The molecule has 0 amide bonds. The Hall–Kier alpha value is -0.870. The van der Waals surface area contributed by atoms with Crippen LogP contribution in [0.2, 0.25) is 0 Å². The van der Waals surface area contributed by atoms with Crippen LogP contribution in [0.3, 0.4) is 0 Å². The van der Waals surface area contributed by atoms with Crippen LogP contribution in [-0.4, -0.2) is 12.0 Å². The van der Waals surface area contributed by atoms with Gasteiger partial charge in [-0.2, -0.15) is 0 Å². The van der Waals surface area contributed by atoms with Crippen LogP contribution < -0.4 is 4.90 Å². The summed E-state index contributed by atoms with van der Waals surface area (Å²) in [5, 5.41) is 2.11. The van der Waals surface area contributed by atoms with Crippen LogP contribution in [0.4, 0.5) is 5.82 Å². The minimum absolute atomic E-state index is 0.350. The molecule has 0 saturated heterocycles. The van der Waals surface area contributed by atoms with Gasteiger partial charge in [0.1, 0.15) is 5.82 Å². The molecule has 1 unspecified atom stereocenters. The Balaban J connectivity index is 2.24. The van der Waals surface area contributed by atoms with Crippen LogP contribution in [0.15, 0.2) is 34.1 Å². The van der Waals surface area contributed by atoms with Gasteiger partial charge in [0.15, 0.2) is 0 Å². The molecule has 0 aliphatic carbocycles. The van der Waals surface area contributed by atoms with E-state index in [9.17, 15) is 0 Å². The average Bonchev–Trinajstić information content (AvgIpc) is 2.84. The summed E-state index contributed by atoms with van der Waals surface area (Å²) in [6, 6.07) is 8.70. The molecule has 90 valence electrons. The molecular formula is C13H15BrN2S. The van der Waals surface area contributed by atoms with E-state index < -0.39 is 0 Å². The third-order valence-corrected chi connectivity index (χ3v) is 4.78. The lowest BCUT2D eigenvalue weighted by Crippen LogP contribution is -2.22. The van der Waals surface area contributed by atoms with Crippen LogP contribution in [-0.2, 0) is 0 Å². The third-order valence-electron chi connectivity index (χ3n) is 2.90. The van der Waals surface area contributed by atoms with Gasteiger partial charge in [0.25, 0.3) is 0 Å². The lowest BCUT2D eigenvalue weighted by molar-refractivity contribution is 0.740. The molecule has 0 aliphatic rings. The number of hydrogen-bond acceptors (Lipinski definition) is 3. The molecule has 0 saturated carbocycles. The molecular weight excluding hydrogens is 296 g/mol. The van der Waals surface area contributed by atoms with E-state index in [0.29, 0.717) is 6.04 Å². The minimum atomic E-state index is 0.350. The van der Waals surface area contributed by atoms with E-state index in [4.69, 9.17) is 0 Å². The number of nitrogens with zero attached hydrogens (tertiary/aromatic N) is 2. The fourth-order valence-corrected chi connectivity index (χ4v) is 2.69. The first-order chi connectivity index (χ1) is 8.09. The Morgan fingerprint density at radius 2 is 2.12 bits per heavy atom. The Kier molecular flexibility index (Phi) is 3.84. The predicted octanol–water partition coefficient (Wildman–Crippen LogP) is 4.41. The number of aryl methyl sites for hydroxylation is 1. The molecule has 2 nitrogen and oxygen atoms in total. The summed E-state index contributed by atoms with van der Waals surface area (Å²) in [4.78, 5) is 8.14. The maximum atomic E-state index is 4.59. The molecule has 4 heteroatoms. The Morgan fingerprint density at radius 1 is 1.35 bits per heavy atom. The Labute approximate surface area is 114 Å². The van der Waals surface area contributed by atoms with E-state index in [1.165, 1.54) is 4.88 Å². The number of anilines is 1. The molecule has 0 N–H and O–H groups in total. The molecule has 2 aromatic heterocycles. The van der Waals surface area contributed by atoms with Crippen molar-refractivity contribution in [2.24, 2.45) is 0 Å². The monoisotopic (exact) mass is 310 g/mol. The second-order valence-corrected chi connectivity index (χ2v) is 5.87. The van der Waals surface area contributed by atoms with Gasteiger partial charge in [0.2, 0.25) is 0 Å². The number of hydrogen-bond donors (Lipinski definition) is 0. The zero-order valence-corrected chi connectivity index (χ0v) is 12.5. The van der Waals surface area contributed by atoms with Crippen molar-refractivity contribution in [1.29, 1.82) is 0 Å². The van der Waals surface area contributed by atoms with Crippen LogP contribution in [0, 0.1) is 6.92 Å². The standard InChI is InChI=1S/C13H15BrN2S/c1-9-11(14)6-7-13(15-9)16(3)10(2)12-5-4-8-17-12/h4-8,10H,1-3H3. The van der Waals surface area contributed by atoms with Crippen molar-refractivity contribution >= 4 is 33.1 Å². The maximum absolute atomic E-state index is 4.59. The quantitative estimate of drug-likeness (QED) is 0.834. The average molecular weight is 311 g/mol. The molecule has 0 bridgehead atoms. The number of aromatic nitrogens is 1. The van der Waals surface area contributed by atoms with Gasteiger partial charge in [-0.3, -0.25) is 0 Å². The summed E-state index contributed by atoms with van der Waals surface area (Å²) in [6.45, 7) is 4.21. The van der Waals surface area contributed by atoms with Gasteiger partial charge < -0.3 is 4.90 Å². The van der Waals surface area contributed by atoms with Crippen molar-refractivity contribution in [1.82, 2.24) is 4.98 Å². The number of rotatable bonds is 3. The zero-order valence-electron chi connectivity index (χ0n) is 10.1. The van der Waals surface area contributed by atoms with Gasteiger partial charge in [-0.25, -0.2) is 4.98 Å². The molecule has 0 fully saturated rings. The summed E-state index contributed by atoms with van der Waals surface area (Å²) in [5.74, 6) is 1.01. The Morgan fingerprint density at radius 3 is 2.71 bits per heavy atom.